The van der Waals surface area contributed by atoms with Crippen LogP contribution in [0.1, 0.15) is 5.56 Å². The number of benzene rings is 1. The number of nitrogens with one attached hydrogen (secondary N) is 1. The van der Waals surface area contributed by atoms with Gasteiger partial charge in [-0.1, -0.05) is 22.0 Å². The molecule has 0 saturated carbocycles. The molecule has 0 heterocycles. The molecule has 4 nitrogen and oxygen atoms in total. The molecule has 1 atom stereocenters. The van der Waals surface area contributed by atoms with E-state index in [2.05, 4.69) is 26.0 Å². The van der Waals surface area contributed by atoms with Gasteiger partial charge in [-0.15, -0.1) is 0 Å². The van der Waals surface area contributed by atoms with Crippen LogP contribution in [-0.2, 0) is 20.7 Å². The molecule has 0 bridgehead atoms. The van der Waals surface area contributed by atoms with Crippen LogP contribution in [0, 0.1) is 11.6 Å². The lowest BCUT2D eigenvalue weighted by Crippen LogP contribution is -2.34. The van der Waals surface area contributed by atoms with E-state index in [1.165, 1.54) is 13.2 Å². The maximum Gasteiger partial charge on any atom is 0.321 e. The Kier molecular flexibility index (Phi) is 5.88. The van der Waals surface area contributed by atoms with Crippen molar-refractivity contribution in [1.82, 2.24) is 5.32 Å². The van der Waals surface area contributed by atoms with Gasteiger partial charge in [-0.2, -0.15) is 0 Å². The number of methoxy groups -OCH3 is 1. The Balaban J connectivity index is 2.49. The van der Waals surface area contributed by atoms with E-state index >= 15 is 0 Å². The van der Waals surface area contributed by atoms with E-state index in [4.69, 9.17) is 0 Å². The molecule has 0 spiro atoms. The van der Waals surface area contributed by atoms with Gasteiger partial charge in [0.1, 0.15) is 16.5 Å². The van der Waals surface area contributed by atoms with Crippen molar-refractivity contribution < 1.29 is 23.1 Å². The second-order valence-corrected chi connectivity index (χ2v) is 4.81. The normalized spacial score (nSPS) is 11.8. The summed E-state index contributed by atoms with van der Waals surface area (Å²) in [6.45, 7) is 0.0221. The Labute approximate surface area is 117 Å². The number of hydrogen-bond acceptors (Lipinski definition) is 3. The Morgan fingerprint density at radius 3 is 2.68 bits per heavy atom. The summed E-state index contributed by atoms with van der Waals surface area (Å²) in [7, 11) is 1.23. The van der Waals surface area contributed by atoms with E-state index < -0.39 is 28.3 Å². The lowest BCUT2D eigenvalue weighted by Gasteiger charge is -2.09. The van der Waals surface area contributed by atoms with Gasteiger partial charge >= 0.3 is 5.97 Å². The molecular weight excluding hydrogens is 324 g/mol. The lowest BCUT2D eigenvalue weighted by atomic mass is 10.1. The van der Waals surface area contributed by atoms with E-state index in [0.29, 0.717) is 6.07 Å². The number of carbonyl (C=O) groups is 2. The van der Waals surface area contributed by atoms with Crippen molar-refractivity contribution in [2.75, 3.05) is 13.7 Å². The third kappa shape index (κ3) is 4.94. The Hall–Kier alpha value is -1.50. The molecule has 0 aliphatic rings. The minimum absolute atomic E-state index is 0.0221. The molecular formula is C12H12BrF2NO3. The molecule has 1 unspecified atom stereocenters. The predicted molar refractivity (Wildman–Crippen MR) is 67.8 cm³/mol. The average Bonchev–Trinajstić information content (AvgIpc) is 2.38. The summed E-state index contributed by atoms with van der Waals surface area (Å²) in [5.74, 6) is -2.47. The van der Waals surface area contributed by atoms with E-state index in [-0.39, 0.29) is 18.5 Å². The highest BCUT2D eigenvalue weighted by Crippen LogP contribution is 2.10. The molecule has 104 valence electrons. The summed E-state index contributed by atoms with van der Waals surface area (Å²) >= 11 is 3.03. The second kappa shape index (κ2) is 7.18. The van der Waals surface area contributed by atoms with E-state index in [1.807, 2.05) is 0 Å². The smallest absolute Gasteiger partial charge is 0.321 e. The van der Waals surface area contributed by atoms with E-state index in [1.54, 1.807) is 0 Å². The first-order chi connectivity index (χ1) is 8.93. The molecule has 0 fully saturated rings. The third-order valence-corrected chi connectivity index (χ3v) is 3.00. The van der Waals surface area contributed by atoms with Crippen molar-refractivity contribution in [3.63, 3.8) is 0 Å². The zero-order chi connectivity index (χ0) is 14.4. The fraction of sp³-hybridized carbons (Fsp3) is 0.333. The number of alkyl halides is 1. The van der Waals surface area contributed by atoms with Gasteiger partial charge in [-0.3, -0.25) is 9.59 Å². The summed E-state index contributed by atoms with van der Waals surface area (Å²) in [5, 5.41) is 2.44. The highest BCUT2D eigenvalue weighted by Gasteiger charge is 2.16. The topological polar surface area (TPSA) is 55.4 Å². The second-order valence-electron chi connectivity index (χ2n) is 3.71. The largest absolute Gasteiger partial charge is 0.468 e. The highest BCUT2D eigenvalue weighted by atomic mass is 79.9. The quantitative estimate of drug-likeness (QED) is 0.656. The monoisotopic (exact) mass is 335 g/mol. The zero-order valence-corrected chi connectivity index (χ0v) is 11.7. The molecule has 1 aromatic carbocycles. The highest BCUT2D eigenvalue weighted by molar-refractivity contribution is 9.10. The van der Waals surface area contributed by atoms with Gasteiger partial charge in [0.2, 0.25) is 5.91 Å². The van der Waals surface area contributed by atoms with E-state index in [9.17, 15) is 18.4 Å². The molecule has 0 aliphatic carbocycles. The number of rotatable bonds is 5. The molecule has 1 amide bonds. The minimum atomic E-state index is -0.779. The minimum Gasteiger partial charge on any atom is -0.468 e. The molecule has 0 radical (unpaired) electrons. The van der Waals surface area contributed by atoms with Crippen LogP contribution in [0.2, 0.25) is 0 Å². The summed E-state index contributed by atoms with van der Waals surface area (Å²) in [4.78, 5) is 21.9. The molecule has 7 heteroatoms. The van der Waals surface area contributed by atoms with Crippen molar-refractivity contribution in [2.24, 2.45) is 0 Å². The number of hydrogen-bond donors (Lipinski definition) is 1. The van der Waals surface area contributed by atoms with Gasteiger partial charge in [0, 0.05) is 12.6 Å². The summed E-state index contributed by atoms with van der Waals surface area (Å²) < 4.78 is 30.4. The number of carbonyl (C=O) groups excluding carboxylic acids is 2. The van der Waals surface area contributed by atoms with Crippen LogP contribution in [0.25, 0.3) is 0 Å². The molecule has 0 aromatic heterocycles. The van der Waals surface area contributed by atoms with Crippen molar-refractivity contribution in [2.45, 2.75) is 11.2 Å². The summed E-state index contributed by atoms with van der Waals surface area (Å²) in [5.41, 5.74) is 0.0862. The maximum absolute atomic E-state index is 13.3. The van der Waals surface area contributed by atoms with Gasteiger partial charge in [-0.25, -0.2) is 8.78 Å². The van der Waals surface area contributed by atoms with Gasteiger partial charge in [0.05, 0.1) is 13.5 Å². The van der Waals surface area contributed by atoms with Crippen LogP contribution in [0.15, 0.2) is 18.2 Å². The Morgan fingerprint density at radius 2 is 2.11 bits per heavy atom. The van der Waals surface area contributed by atoms with Crippen molar-refractivity contribution in [3.05, 3.63) is 35.4 Å². The van der Waals surface area contributed by atoms with Crippen LogP contribution in [0.3, 0.4) is 0 Å². The number of esters is 1. The molecule has 1 aromatic rings. The molecule has 1 N–H and O–H groups in total. The summed E-state index contributed by atoms with van der Waals surface area (Å²) in [6, 6.07) is 2.99. The SMILES string of the molecule is COC(=O)C(Br)CNC(=O)Cc1ccc(F)cc1F. The first-order valence-electron chi connectivity index (χ1n) is 5.36. The number of halogens is 3. The fourth-order valence-electron chi connectivity index (χ4n) is 1.32. The van der Waals surface area contributed by atoms with Crippen molar-refractivity contribution >= 4 is 27.8 Å². The van der Waals surface area contributed by atoms with Crippen LogP contribution in [0.4, 0.5) is 8.78 Å². The van der Waals surface area contributed by atoms with Crippen molar-refractivity contribution in [3.8, 4) is 0 Å². The van der Waals surface area contributed by atoms with Crippen LogP contribution < -0.4 is 5.32 Å². The van der Waals surface area contributed by atoms with Gasteiger partial charge < -0.3 is 10.1 Å². The Bertz CT molecular complexity index is 482. The molecule has 0 saturated heterocycles. The van der Waals surface area contributed by atoms with E-state index in [0.717, 1.165) is 6.07 Å². The van der Waals surface area contributed by atoms with Gasteiger partial charge in [-0.05, 0) is 11.6 Å². The zero-order valence-electron chi connectivity index (χ0n) is 10.1. The van der Waals surface area contributed by atoms with Crippen molar-refractivity contribution in [1.29, 1.82) is 0 Å². The first-order valence-corrected chi connectivity index (χ1v) is 6.28. The fourth-order valence-corrected chi connectivity index (χ4v) is 1.66. The standard InChI is InChI=1S/C12H12BrF2NO3/c1-19-12(18)9(13)6-16-11(17)4-7-2-3-8(14)5-10(7)15/h2-3,5,9H,4,6H2,1H3,(H,16,17). The van der Waals surface area contributed by atoms with Crippen LogP contribution in [0.5, 0.6) is 0 Å². The lowest BCUT2D eigenvalue weighted by molar-refractivity contribution is -0.139. The first kappa shape index (κ1) is 15.6. The Morgan fingerprint density at radius 1 is 1.42 bits per heavy atom. The molecule has 0 aliphatic heterocycles. The number of ether oxygens (including phenoxy) is 1. The third-order valence-electron chi connectivity index (χ3n) is 2.30. The van der Waals surface area contributed by atoms with Gasteiger partial charge in [0.25, 0.3) is 0 Å². The van der Waals surface area contributed by atoms with Gasteiger partial charge in [0.15, 0.2) is 0 Å². The average molecular weight is 336 g/mol. The summed E-state index contributed by atoms with van der Waals surface area (Å²) in [6.07, 6.45) is -0.229. The number of amides is 1. The van der Waals surface area contributed by atoms with Crippen LogP contribution >= 0.6 is 15.9 Å². The maximum atomic E-state index is 13.3. The van der Waals surface area contributed by atoms with Crippen LogP contribution in [-0.4, -0.2) is 30.4 Å². The molecule has 19 heavy (non-hydrogen) atoms. The molecule has 1 rings (SSSR count). The predicted octanol–water partition coefficient (Wildman–Crippen LogP) is 1.56.